The molecule has 0 N–H and O–H groups in total. The first-order valence-corrected chi connectivity index (χ1v) is 4.04. The highest BCUT2D eigenvalue weighted by molar-refractivity contribution is 6.64. The number of hydrogen-bond acceptors (Lipinski definition) is 2. The largest absolute Gasteiger partial charge is 0.287 e. The van der Waals surface area contributed by atoms with E-state index in [0.717, 1.165) is 0 Å². The Labute approximate surface area is 79.8 Å². The van der Waals surface area contributed by atoms with E-state index in [9.17, 15) is 9.59 Å². The molecule has 0 saturated carbocycles. The van der Waals surface area contributed by atoms with E-state index in [4.69, 9.17) is 23.2 Å². The first kappa shape index (κ1) is 9.49. The predicted octanol–water partition coefficient (Wildman–Crippen LogP) is 2.16. The van der Waals surface area contributed by atoms with E-state index in [2.05, 4.69) is 0 Å². The van der Waals surface area contributed by atoms with Crippen molar-refractivity contribution in [2.45, 2.75) is 13.8 Å². The van der Waals surface area contributed by atoms with E-state index < -0.39 is 11.6 Å². The highest BCUT2D eigenvalue weighted by Gasteiger charge is 2.34. The van der Waals surface area contributed by atoms with Crippen LogP contribution in [0.15, 0.2) is 21.2 Å². The Morgan fingerprint density at radius 2 is 1.33 bits per heavy atom. The molecule has 0 fully saturated rings. The summed E-state index contributed by atoms with van der Waals surface area (Å²) in [5.74, 6) is -0.932. The summed E-state index contributed by atoms with van der Waals surface area (Å²) < 4.78 is 0. The van der Waals surface area contributed by atoms with E-state index >= 15 is 0 Å². The second kappa shape index (κ2) is 3.04. The fraction of sp³-hybridized carbons (Fsp3) is 0.250. The molecule has 1 rings (SSSR count). The molecule has 0 bridgehead atoms. The lowest BCUT2D eigenvalue weighted by Crippen LogP contribution is -2.04. The number of carbonyl (C=O) groups excluding carboxylic acids is 2. The lowest BCUT2D eigenvalue weighted by Gasteiger charge is -1.95. The number of halogens is 2. The molecule has 64 valence electrons. The Morgan fingerprint density at radius 1 is 1.00 bits per heavy atom. The first-order chi connectivity index (χ1) is 5.46. The Kier molecular flexibility index (Phi) is 2.40. The highest BCUT2D eigenvalue weighted by Crippen LogP contribution is 2.31. The smallest absolute Gasteiger partial charge is 0.209 e. The van der Waals surface area contributed by atoms with E-state index in [1.807, 2.05) is 0 Å². The van der Waals surface area contributed by atoms with Gasteiger partial charge < -0.3 is 0 Å². The zero-order valence-electron chi connectivity index (χ0n) is 6.57. The van der Waals surface area contributed by atoms with Gasteiger partial charge in [-0.1, -0.05) is 28.8 Å². The van der Waals surface area contributed by atoms with Crippen LogP contribution in [0.1, 0.15) is 13.8 Å². The highest BCUT2D eigenvalue weighted by atomic mass is 35.5. The van der Waals surface area contributed by atoms with Crippen molar-refractivity contribution in [3.05, 3.63) is 21.2 Å². The zero-order valence-corrected chi connectivity index (χ0v) is 8.08. The monoisotopic (exact) mass is 204 g/mol. The van der Waals surface area contributed by atoms with E-state index in [-0.39, 0.29) is 15.6 Å². The van der Waals surface area contributed by atoms with Crippen molar-refractivity contribution >= 4 is 34.8 Å². The fourth-order valence-corrected chi connectivity index (χ4v) is 1.34. The summed E-state index contributed by atoms with van der Waals surface area (Å²) >= 11 is 11.0. The molecule has 4 heteroatoms. The van der Waals surface area contributed by atoms with Gasteiger partial charge in [0.05, 0.1) is 5.57 Å². The molecule has 0 aromatic heterocycles. The maximum Gasteiger partial charge on any atom is 0.209 e. The second-order valence-corrected chi connectivity index (χ2v) is 3.42. The van der Waals surface area contributed by atoms with Gasteiger partial charge in [-0.05, 0) is 13.8 Å². The lowest BCUT2D eigenvalue weighted by atomic mass is 10.1. The van der Waals surface area contributed by atoms with Crippen molar-refractivity contribution in [3.8, 4) is 0 Å². The molecule has 1 aliphatic rings. The molecule has 0 atom stereocenters. The Balaban J connectivity index is 3.32. The van der Waals surface area contributed by atoms with Crippen LogP contribution in [-0.4, -0.2) is 11.6 Å². The third-order valence-corrected chi connectivity index (χ3v) is 2.36. The third-order valence-electron chi connectivity index (χ3n) is 1.55. The molecule has 0 radical (unpaired) electrons. The number of hydrogen-bond donors (Lipinski definition) is 0. The van der Waals surface area contributed by atoms with E-state index in [1.54, 1.807) is 13.8 Å². The van der Waals surface area contributed by atoms with Crippen LogP contribution in [0.4, 0.5) is 0 Å². The van der Waals surface area contributed by atoms with Crippen LogP contribution in [-0.2, 0) is 9.59 Å². The maximum atomic E-state index is 11.2. The van der Waals surface area contributed by atoms with Gasteiger partial charge in [0, 0.05) is 0 Å². The predicted molar refractivity (Wildman–Crippen MR) is 47.1 cm³/mol. The summed E-state index contributed by atoms with van der Waals surface area (Å²) in [7, 11) is 0. The van der Waals surface area contributed by atoms with Gasteiger partial charge in [0.15, 0.2) is 0 Å². The van der Waals surface area contributed by atoms with Gasteiger partial charge in [-0.2, -0.15) is 0 Å². The number of allylic oxidation sites excluding steroid dienone is 4. The number of Topliss-reactive ketones (excluding diaryl/α,β-unsaturated/α-hetero) is 2. The second-order valence-electron chi connectivity index (χ2n) is 2.66. The summed E-state index contributed by atoms with van der Waals surface area (Å²) in [5, 5.41) is -0.337. The van der Waals surface area contributed by atoms with Gasteiger partial charge in [-0.25, -0.2) is 0 Å². The minimum absolute atomic E-state index is 0.102. The minimum atomic E-state index is -0.466. The molecule has 0 saturated heterocycles. The Bertz CT molecular complexity index is 307. The molecule has 0 aromatic rings. The Hall–Kier alpha value is -0.600. The average Bonchev–Trinajstić information content (AvgIpc) is 2.16. The molecule has 2 nitrogen and oxygen atoms in total. The summed E-state index contributed by atoms with van der Waals surface area (Å²) in [6.45, 7) is 3.34. The summed E-state index contributed by atoms with van der Waals surface area (Å²) in [6, 6.07) is 0. The van der Waals surface area contributed by atoms with Crippen molar-refractivity contribution in [1.82, 2.24) is 0 Å². The summed E-state index contributed by atoms with van der Waals surface area (Å²) in [5.41, 5.74) is 0.740. The van der Waals surface area contributed by atoms with Crippen LogP contribution < -0.4 is 0 Å². The molecular weight excluding hydrogens is 199 g/mol. The average molecular weight is 205 g/mol. The van der Waals surface area contributed by atoms with Crippen molar-refractivity contribution in [1.29, 1.82) is 0 Å². The van der Waals surface area contributed by atoms with Crippen LogP contribution in [0.25, 0.3) is 0 Å². The van der Waals surface area contributed by atoms with Gasteiger partial charge in [-0.15, -0.1) is 0 Å². The van der Waals surface area contributed by atoms with E-state index in [1.165, 1.54) is 0 Å². The van der Waals surface area contributed by atoms with Crippen LogP contribution in [0, 0.1) is 0 Å². The van der Waals surface area contributed by atoms with E-state index in [0.29, 0.717) is 5.57 Å². The molecule has 0 unspecified atom stereocenters. The molecule has 0 amide bonds. The van der Waals surface area contributed by atoms with Gasteiger partial charge >= 0.3 is 0 Å². The van der Waals surface area contributed by atoms with Crippen LogP contribution in [0.3, 0.4) is 0 Å². The van der Waals surface area contributed by atoms with Gasteiger partial charge in [0.25, 0.3) is 0 Å². The Morgan fingerprint density at radius 3 is 1.50 bits per heavy atom. The van der Waals surface area contributed by atoms with Crippen molar-refractivity contribution in [2.24, 2.45) is 0 Å². The molecule has 0 aliphatic heterocycles. The SMILES string of the molecule is CC(C)=C1C(=O)C(Cl)=C(Cl)C1=O. The molecule has 0 aromatic carbocycles. The molecule has 1 aliphatic carbocycles. The normalized spacial score (nSPS) is 17.8. The zero-order chi connectivity index (χ0) is 9.46. The van der Waals surface area contributed by atoms with Crippen molar-refractivity contribution in [3.63, 3.8) is 0 Å². The molecule has 0 spiro atoms. The fourth-order valence-electron chi connectivity index (χ4n) is 0.976. The maximum absolute atomic E-state index is 11.2. The van der Waals surface area contributed by atoms with Crippen LogP contribution >= 0.6 is 23.2 Å². The lowest BCUT2D eigenvalue weighted by molar-refractivity contribution is -0.115. The van der Waals surface area contributed by atoms with Crippen molar-refractivity contribution < 1.29 is 9.59 Å². The first-order valence-electron chi connectivity index (χ1n) is 3.29. The van der Waals surface area contributed by atoms with Crippen molar-refractivity contribution in [2.75, 3.05) is 0 Å². The molecular formula is C8H6Cl2O2. The summed E-state index contributed by atoms with van der Waals surface area (Å²) in [4.78, 5) is 22.4. The summed E-state index contributed by atoms with van der Waals surface area (Å²) in [6.07, 6.45) is 0. The molecule has 0 heterocycles. The van der Waals surface area contributed by atoms with Gasteiger partial charge in [0.2, 0.25) is 11.6 Å². The van der Waals surface area contributed by atoms with Gasteiger partial charge in [0.1, 0.15) is 10.1 Å². The van der Waals surface area contributed by atoms with Crippen LogP contribution in [0.5, 0.6) is 0 Å². The van der Waals surface area contributed by atoms with Crippen LogP contribution in [0.2, 0.25) is 0 Å². The standard InChI is InChI=1S/C8H6Cl2O2/c1-3(2)4-7(11)5(9)6(10)8(4)12/h1-2H3. The topological polar surface area (TPSA) is 34.1 Å². The van der Waals surface area contributed by atoms with Gasteiger partial charge in [-0.3, -0.25) is 9.59 Å². The number of ketones is 2. The third kappa shape index (κ3) is 1.21. The molecule has 12 heavy (non-hydrogen) atoms. The quantitative estimate of drug-likeness (QED) is 0.448. The number of carbonyl (C=O) groups is 2. The minimum Gasteiger partial charge on any atom is -0.287 e. The number of rotatable bonds is 0.